The van der Waals surface area contributed by atoms with Crippen molar-refractivity contribution in [2.24, 2.45) is 0 Å². The number of hydrogen-bond acceptors (Lipinski definition) is 4. The molecule has 0 unspecified atom stereocenters. The summed E-state index contributed by atoms with van der Waals surface area (Å²) in [6, 6.07) is 0. The Balaban J connectivity index is 2.37. The van der Waals surface area contributed by atoms with E-state index >= 15 is 0 Å². The van der Waals surface area contributed by atoms with Crippen molar-refractivity contribution in [2.45, 2.75) is 13.8 Å². The lowest BCUT2D eigenvalue weighted by atomic mass is 10.4. The molecule has 3 heterocycles. The molecule has 0 bridgehead atoms. The number of nitrogen functional groups attached to an aromatic ring is 1. The average molecular weight is 263 g/mol. The normalized spacial score (nSPS) is 11.3. The molecule has 92 valence electrons. The summed E-state index contributed by atoms with van der Waals surface area (Å²) >= 11 is 6.14. The van der Waals surface area contributed by atoms with Crippen LogP contribution in [-0.4, -0.2) is 24.1 Å². The van der Waals surface area contributed by atoms with Gasteiger partial charge in [0.25, 0.3) is 0 Å². The summed E-state index contributed by atoms with van der Waals surface area (Å²) in [6.45, 7) is 3.73. The molecule has 0 saturated carbocycles. The largest absolute Gasteiger partial charge is 0.382 e. The molecule has 0 aliphatic heterocycles. The molecule has 18 heavy (non-hydrogen) atoms. The monoisotopic (exact) mass is 262 g/mol. The minimum absolute atomic E-state index is 0.402. The fourth-order valence-corrected chi connectivity index (χ4v) is 2.02. The third kappa shape index (κ3) is 1.46. The number of nitrogens with two attached hydrogens (primary N) is 1. The van der Waals surface area contributed by atoms with Crippen LogP contribution in [0, 0.1) is 13.8 Å². The van der Waals surface area contributed by atoms with Crippen molar-refractivity contribution < 1.29 is 0 Å². The second-order valence-electron chi connectivity index (χ2n) is 4.04. The van der Waals surface area contributed by atoms with Crippen LogP contribution >= 0.6 is 11.6 Å². The van der Waals surface area contributed by atoms with Crippen molar-refractivity contribution in [3.05, 3.63) is 35.0 Å². The summed E-state index contributed by atoms with van der Waals surface area (Å²) in [5, 5.41) is 4.99. The highest BCUT2D eigenvalue weighted by Gasteiger charge is 2.15. The topological polar surface area (TPSA) is 74.0 Å². The zero-order valence-corrected chi connectivity index (χ0v) is 10.7. The lowest BCUT2D eigenvalue weighted by molar-refractivity contribution is 0.805. The van der Waals surface area contributed by atoms with Crippen molar-refractivity contribution >= 4 is 23.1 Å². The van der Waals surface area contributed by atoms with Crippen molar-refractivity contribution in [3.63, 3.8) is 0 Å². The number of imidazole rings is 1. The van der Waals surface area contributed by atoms with E-state index in [1.165, 1.54) is 0 Å². The van der Waals surface area contributed by atoms with Crippen molar-refractivity contribution in [3.8, 4) is 5.82 Å². The van der Waals surface area contributed by atoms with Gasteiger partial charge in [-0.15, -0.1) is 0 Å². The zero-order chi connectivity index (χ0) is 12.9. The van der Waals surface area contributed by atoms with Crippen LogP contribution in [0.4, 0.5) is 5.82 Å². The molecule has 0 aliphatic rings. The molecule has 0 aromatic carbocycles. The van der Waals surface area contributed by atoms with Gasteiger partial charge < -0.3 is 10.1 Å². The number of halogens is 1. The number of anilines is 1. The SMILES string of the molecule is Cc1nn(-c2nc(N)cn3ccnc23)c(C)c1Cl. The van der Waals surface area contributed by atoms with Gasteiger partial charge in [0.2, 0.25) is 0 Å². The van der Waals surface area contributed by atoms with Gasteiger partial charge in [-0.05, 0) is 13.8 Å². The van der Waals surface area contributed by atoms with E-state index in [2.05, 4.69) is 15.1 Å². The van der Waals surface area contributed by atoms with Crippen molar-refractivity contribution in [2.75, 3.05) is 5.73 Å². The van der Waals surface area contributed by atoms with Crippen LogP contribution in [-0.2, 0) is 0 Å². The molecule has 0 fully saturated rings. The molecule has 0 radical (unpaired) electrons. The Morgan fingerprint density at radius 3 is 2.78 bits per heavy atom. The van der Waals surface area contributed by atoms with E-state index < -0.39 is 0 Å². The first-order valence-electron chi connectivity index (χ1n) is 5.39. The molecule has 0 saturated heterocycles. The van der Waals surface area contributed by atoms with Crippen molar-refractivity contribution in [1.82, 2.24) is 24.1 Å². The van der Waals surface area contributed by atoms with Crippen LogP contribution in [0.2, 0.25) is 5.02 Å². The smallest absolute Gasteiger partial charge is 0.199 e. The van der Waals surface area contributed by atoms with E-state index in [9.17, 15) is 0 Å². The van der Waals surface area contributed by atoms with Gasteiger partial charge in [-0.1, -0.05) is 11.6 Å². The van der Waals surface area contributed by atoms with Crippen LogP contribution in [0.15, 0.2) is 18.6 Å². The maximum Gasteiger partial charge on any atom is 0.199 e. The summed E-state index contributed by atoms with van der Waals surface area (Å²) in [5.74, 6) is 0.978. The Labute approximate surface area is 108 Å². The fourth-order valence-electron chi connectivity index (χ4n) is 1.91. The quantitative estimate of drug-likeness (QED) is 0.725. The van der Waals surface area contributed by atoms with E-state index in [4.69, 9.17) is 17.3 Å². The van der Waals surface area contributed by atoms with Gasteiger partial charge in [0.05, 0.1) is 22.6 Å². The molecule has 0 spiro atoms. The Morgan fingerprint density at radius 2 is 2.11 bits per heavy atom. The predicted octanol–water partition coefficient (Wildman–Crippen LogP) is 1.77. The van der Waals surface area contributed by atoms with Gasteiger partial charge in [-0.25, -0.2) is 14.6 Å². The third-order valence-corrected chi connectivity index (χ3v) is 3.33. The number of nitrogens with zero attached hydrogens (tertiary/aromatic N) is 5. The first-order chi connectivity index (χ1) is 8.58. The summed E-state index contributed by atoms with van der Waals surface area (Å²) in [4.78, 5) is 8.55. The lowest BCUT2D eigenvalue weighted by Gasteiger charge is -2.06. The Hall–Kier alpha value is -2.08. The summed E-state index contributed by atoms with van der Waals surface area (Å²) in [7, 11) is 0. The van der Waals surface area contributed by atoms with Gasteiger partial charge in [0, 0.05) is 12.4 Å². The number of aryl methyl sites for hydroxylation is 1. The predicted molar refractivity (Wildman–Crippen MR) is 69.0 cm³/mol. The fraction of sp³-hybridized carbons (Fsp3) is 0.182. The molecular formula is C11H11ClN6. The van der Waals surface area contributed by atoms with Gasteiger partial charge in [0.15, 0.2) is 11.5 Å². The van der Waals surface area contributed by atoms with E-state index in [0.717, 1.165) is 11.4 Å². The Kier molecular flexibility index (Phi) is 2.27. The van der Waals surface area contributed by atoms with Crippen LogP contribution < -0.4 is 5.73 Å². The maximum absolute atomic E-state index is 6.14. The highest BCUT2D eigenvalue weighted by atomic mass is 35.5. The second kappa shape index (κ2) is 3.71. The van der Waals surface area contributed by atoms with Crippen LogP contribution in [0.5, 0.6) is 0 Å². The molecule has 3 rings (SSSR count). The van der Waals surface area contributed by atoms with Crippen LogP contribution in [0.25, 0.3) is 11.5 Å². The standard InChI is InChI=1S/C11H11ClN6/c1-6-9(12)7(2)18(16-6)11-10-14-3-4-17(10)5-8(13)15-11/h3-5H,13H2,1-2H3. The molecular weight excluding hydrogens is 252 g/mol. The van der Waals surface area contributed by atoms with Gasteiger partial charge in [0.1, 0.15) is 5.82 Å². The molecule has 0 aliphatic carbocycles. The minimum atomic E-state index is 0.402. The molecule has 3 aromatic rings. The van der Waals surface area contributed by atoms with E-state index in [0.29, 0.717) is 22.3 Å². The average Bonchev–Trinajstić information content (AvgIpc) is 2.88. The summed E-state index contributed by atoms with van der Waals surface area (Å²) < 4.78 is 3.47. The summed E-state index contributed by atoms with van der Waals surface area (Å²) in [6.07, 6.45) is 5.20. The molecule has 2 N–H and O–H groups in total. The Morgan fingerprint density at radius 1 is 1.33 bits per heavy atom. The summed E-state index contributed by atoms with van der Waals surface area (Å²) in [5.41, 5.74) is 8.04. The maximum atomic E-state index is 6.14. The van der Waals surface area contributed by atoms with Gasteiger partial charge in [-0.2, -0.15) is 5.10 Å². The van der Waals surface area contributed by atoms with E-state index in [1.54, 1.807) is 17.1 Å². The third-order valence-electron chi connectivity index (χ3n) is 2.78. The van der Waals surface area contributed by atoms with E-state index in [1.807, 2.05) is 24.4 Å². The first-order valence-corrected chi connectivity index (χ1v) is 5.77. The lowest BCUT2D eigenvalue weighted by Crippen LogP contribution is -2.07. The second-order valence-corrected chi connectivity index (χ2v) is 4.42. The van der Waals surface area contributed by atoms with Crippen LogP contribution in [0.3, 0.4) is 0 Å². The van der Waals surface area contributed by atoms with Gasteiger partial charge >= 0.3 is 0 Å². The molecule has 6 nitrogen and oxygen atoms in total. The molecule has 0 amide bonds. The Bertz CT molecular complexity index is 741. The molecule has 3 aromatic heterocycles. The van der Waals surface area contributed by atoms with Crippen LogP contribution in [0.1, 0.15) is 11.4 Å². The first kappa shape index (κ1) is 11.0. The molecule has 0 atom stereocenters. The van der Waals surface area contributed by atoms with Gasteiger partial charge in [-0.3, -0.25) is 0 Å². The molecule has 7 heteroatoms. The zero-order valence-electron chi connectivity index (χ0n) is 9.92. The van der Waals surface area contributed by atoms with E-state index in [-0.39, 0.29) is 0 Å². The number of aromatic nitrogens is 5. The highest BCUT2D eigenvalue weighted by Crippen LogP contribution is 2.23. The number of fused-ring (bicyclic) bond motifs is 1. The number of rotatable bonds is 1. The highest BCUT2D eigenvalue weighted by molar-refractivity contribution is 6.31. The van der Waals surface area contributed by atoms with Crippen molar-refractivity contribution in [1.29, 1.82) is 0 Å². The number of hydrogen-bond donors (Lipinski definition) is 1. The minimum Gasteiger partial charge on any atom is -0.382 e.